The first-order valence-electron chi connectivity index (χ1n) is 10.6. The Morgan fingerprint density at radius 2 is 1.68 bits per heavy atom. The van der Waals surface area contributed by atoms with Crippen molar-refractivity contribution in [3.63, 3.8) is 0 Å². The summed E-state index contributed by atoms with van der Waals surface area (Å²) in [6.45, 7) is 11.2. The van der Waals surface area contributed by atoms with Crippen LogP contribution < -0.4 is 10.1 Å². The van der Waals surface area contributed by atoms with Gasteiger partial charge >= 0.3 is 6.09 Å². The maximum Gasteiger partial charge on any atom is 0.412 e. The van der Waals surface area contributed by atoms with Crippen LogP contribution in [0.3, 0.4) is 0 Å². The lowest BCUT2D eigenvalue weighted by Crippen LogP contribution is -2.27. The SMILES string of the molecule is CC(C)(C)OCCOc1cc(NC(=O)OC(C)(C)C)c([N+](=O)[O-])cc1C#Cc1ccc(F)cc1. The van der Waals surface area contributed by atoms with Crippen LogP contribution in [0.5, 0.6) is 5.75 Å². The summed E-state index contributed by atoms with van der Waals surface area (Å²) in [5, 5.41) is 14.1. The van der Waals surface area contributed by atoms with Crippen molar-refractivity contribution in [2.24, 2.45) is 0 Å². The van der Waals surface area contributed by atoms with E-state index in [0.29, 0.717) is 5.56 Å². The molecule has 0 aliphatic carbocycles. The number of nitro groups is 1. The molecule has 0 spiro atoms. The molecule has 0 heterocycles. The third-order valence-electron chi connectivity index (χ3n) is 3.99. The highest BCUT2D eigenvalue weighted by molar-refractivity contribution is 5.89. The molecule has 0 aliphatic rings. The number of amides is 1. The van der Waals surface area contributed by atoms with Crippen LogP contribution >= 0.6 is 0 Å². The quantitative estimate of drug-likeness (QED) is 0.251. The van der Waals surface area contributed by atoms with Crippen molar-refractivity contribution >= 4 is 17.5 Å². The Balaban J connectivity index is 2.42. The molecule has 0 atom stereocenters. The predicted octanol–water partition coefficient (Wildman–Crippen LogP) is 5.67. The van der Waals surface area contributed by atoms with Gasteiger partial charge in [-0.1, -0.05) is 11.8 Å². The summed E-state index contributed by atoms with van der Waals surface area (Å²) < 4.78 is 29.8. The molecule has 0 unspecified atom stereocenters. The second kappa shape index (κ2) is 11.0. The number of nitro benzene ring substituents is 1. The molecular weight excluding hydrogens is 443 g/mol. The number of anilines is 1. The maximum atomic E-state index is 13.2. The average molecular weight is 473 g/mol. The molecule has 2 aromatic rings. The molecule has 2 rings (SSSR count). The lowest BCUT2D eigenvalue weighted by atomic mass is 10.1. The number of nitrogens with zero attached hydrogens (tertiary/aromatic N) is 1. The number of ether oxygens (including phenoxy) is 3. The first-order chi connectivity index (χ1) is 15.7. The molecule has 182 valence electrons. The van der Waals surface area contributed by atoms with Gasteiger partial charge in [0, 0.05) is 17.7 Å². The van der Waals surface area contributed by atoms with Gasteiger partial charge in [0.1, 0.15) is 29.5 Å². The molecule has 0 saturated heterocycles. The van der Waals surface area contributed by atoms with E-state index in [1.807, 2.05) is 20.8 Å². The fourth-order valence-electron chi connectivity index (χ4n) is 2.62. The van der Waals surface area contributed by atoms with Gasteiger partial charge in [-0.25, -0.2) is 9.18 Å². The van der Waals surface area contributed by atoms with Crippen LogP contribution in [0.2, 0.25) is 0 Å². The largest absolute Gasteiger partial charge is 0.490 e. The Kier molecular flexibility index (Phi) is 8.60. The third kappa shape index (κ3) is 9.08. The fourth-order valence-corrected chi connectivity index (χ4v) is 2.62. The molecule has 1 amide bonds. The number of carbonyl (C=O) groups is 1. The summed E-state index contributed by atoms with van der Waals surface area (Å²) in [6.07, 6.45) is -0.845. The highest BCUT2D eigenvalue weighted by Gasteiger charge is 2.23. The molecule has 9 heteroatoms. The van der Waals surface area contributed by atoms with Crippen LogP contribution in [0, 0.1) is 27.8 Å². The lowest BCUT2D eigenvalue weighted by molar-refractivity contribution is -0.384. The van der Waals surface area contributed by atoms with Gasteiger partial charge in [0.25, 0.3) is 5.69 Å². The van der Waals surface area contributed by atoms with Gasteiger partial charge < -0.3 is 14.2 Å². The standard InChI is InChI=1S/C25H29FN2O6/c1-24(2,3)33-14-13-32-22-16-20(27-23(29)34-25(4,5)6)21(28(30)31)15-18(22)10-7-17-8-11-19(26)12-9-17/h8-9,11-12,15-16H,13-14H2,1-6H3,(H,27,29). The zero-order chi connectivity index (χ0) is 25.5. The van der Waals surface area contributed by atoms with Gasteiger partial charge in [0.15, 0.2) is 0 Å². The molecule has 2 aromatic carbocycles. The molecule has 34 heavy (non-hydrogen) atoms. The second-order valence-electron chi connectivity index (χ2n) is 9.32. The predicted molar refractivity (Wildman–Crippen MR) is 127 cm³/mol. The molecule has 0 aromatic heterocycles. The number of carbonyl (C=O) groups excluding carboxylic acids is 1. The Morgan fingerprint density at radius 1 is 1.03 bits per heavy atom. The molecule has 0 aliphatic heterocycles. The summed E-state index contributed by atoms with van der Waals surface area (Å²) in [4.78, 5) is 23.3. The van der Waals surface area contributed by atoms with Crippen molar-refractivity contribution in [2.75, 3.05) is 18.5 Å². The van der Waals surface area contributed by atoms with Crippen LogP contribution in [0.4, 0.5) is 20.6 Å². The normalized spacial score (nSPS) is 11.3. The molecule has 0 fully saturated rings. The third-order valence-corrected chi connectivity index (χ3v) is 3.99. The number of benzene rings is 2. The van der Waals surface area contributed by atoms with Gasteiger partial charge in [0.2, 0.25) is 0 Å². The van der Waals surface area contributed by atoms with Gasteiger partial charge in [-0.2, -0.15) is 0 Å². The minimum Gasteiger partial charge on any atom is -0.490 e. The van der Waals surface area contributed by atoms with Crippen LogP contribution in [-0.2, 0) is 9.47 Å². The Labute approximate surface area is 198 Å². The average Bonchev–Trinajstić information content (AvgIpc) is 2.69. The lowest BCUT2D eigenvalue weighted by Gasteiger charge is -2.20. The molecular formula is C25H29FN2O6. The van der Waals surface area contributed by atoms with E-state index in [-0.39, 0.29) is 41.5 Å². The molecule has 8 nitrogen and oxygen atoms in total. The van der Waals surface area contributed by atoms with Gasteiger partial charge in [-0.05, 0) is 65.8 Å². The zero-order valence-corrected chi connectivity index (χ0v) is 20.2. The fraction of sp³-hybridized carbons (Fsp3) is 0.400. The van der Waals surface area contributed by atoms with E-state index in [4.69, 9.17) is 14.2 Å². The summed E-state index contributed by atoms with van der Waals surface area (Å²) in [5.41, 5.74) is -0.897. The van der Waals surface area contributed by atoms with Crippen molar-refractivity contribution in [2.45, 2.75) is 52.7 Å². The van der Waals surface area contributed by atoms with E-state index in [0.717, 1.165) is 0 Å². The molecule has 0 radical (unpaired) electrons. The first kappa shape index (κ1) is 26.6. The van der Waals surface area contributed by atoms with Crippen LogP contribution in [0.15, 0.2) is 36.4 Å². The van der Waals surface area contributed by atoms with Crippen LogP contribution in [0.25, 0.3) is 0 Å². The highest BCUT2D eigenvalue weighted by atomic mass is 19.1. The number of nitrogens with one attached hydrogen (secondary N) is 1. The van der Waals surface area contributed by atoms with E-state index in [2.05, 4.69) is 17.2 Å². The monoisotopic (exact) mass is 472 g/mol. The Morgan fingerprint density at radius 3 is 2.24 bits per heavy atom. The van der Waals surface area contributed by atoms with Crippen molar-refractivity contribution in [1.29, 1.82) is 0 Å². The summed E-state index contributed by atoms with van der Waals surface area (Å²) in [5.74, 6) is 5.48. The molecule has 0 bridgehead atoms. The smallest absolute Gasteiger partial charge is 0.412 e. The minimum absolute atomic E-state index is 0.0988. The number of rotatable bonds is 6. The van der Waals surface area contributed by atoms with Crippen molar-refractivity contribution in [1.82, 2.24) is 0 Å². The minimum atomic E-state index is -0.845. The number of hydrogen-bond donors (Lipinski definition) is 1. The second-order valence-corrected chi connectivity index (χ2v) is 9.32. The van der Waals surface area contributed by atoms with Gasteiger partial charge in [0.05, 0.1) is 22.7 Å². The van der Waals surface area contributed by atoms with Gasteiger partial charge in [-0.3, -0.25) is 15.4 Å². The van der Waals surface area contributed by atoms with Crippen molar-refractivity contribution < 1.29 is 28.3 Å². The Hall–Kier alpha value is -3.64. The summed E-state index contributed by atoms with van der Waals surface area (Å²) in [6, 6.07) is 8.06. The first-order valence-corrected chi connectivity index (χ1v) is 10.6. The van der Waals surface area contributed by atoms with E-state index in [1.54, 1.807) is 20.8 Å². The maximum absolute atomic E-state index is 13.2. The van der Waals surface area contributed by atoms with E-state index in [9.17, 15) is 19.3 Å². The zero-order valence-electron chi connectivity index (χ0n) is 20.2. The van der Waals surface area contributed by atoms with Crippen LogP contribution in [-0.4, -0.2) is 35.4 Å². The van der Waals surface area contributed by atoms with Crippen molar-refractivity contribution in [3.8, 4) is 17.6 Å². The Bertz CT molecular complexity index is 1090. The van der Waals surface area contributed by atoms with Crippen molar-refractivity contribution in [3.05, 3.63) is 63.5 Å². The van der Waals surface area contributed by atoms with E-state index < -0.39 is 22.4 Å². The number of halogens is 1. The van der Waals surface area contributed by atoms with E-state index >= 15 is 0 Å². The summed E-state index contributed by atoms with van der Waals surface area (Å²) >= 11 is 0. The van der Waals surface area contributed by atoms with Gasteiger partial charge in [-0.15, -0.1) is 0 Å². The van der Waals surface area contributed by atoms with E-state index in [1.165, 1.54) is 36.4 Å². The summed E-state index contributed by atoms with van der Waals surface area (Å²) in [7, 11) is 0. The molecule has 0 saturated carbocycles. The number of hydrogen-bond acceptors (Lipinski definition) is 6. The molecule has 1 N–H and O–H groups in total. The highest BCUT2D eigenvalue weighted by Crippen LogP contribution is 2.33. The topological polar surface area (TPSA) is 99.9 Å². The van der Waals surface area contributed by atoms with Crippen LogP contribution in [0.1, 0.15) is 52.7 Å².